The number of hydrogen-bond donors (Lipinski definition) is 2. The van der Waals surface area contributed by atoms with E-state index in [1.807, 2.05) is 39.0 Å². The Balaban J connectivity index is 2.15. The molecule has 1 aliphatic heterocycles. The number of aliphatic hydroxyl groups is 1. The Hall–Kier alpha value is -1.42. The lowest BCUT2D eigenvalue weighted by molar-refractivity contribution is -0.0431. The van der Waals surface area contributed by atoms with Gasteiger partial charge in [-0.15, -0.1) is 0 Å². The van der Waals surface area contributed by atoms with Gasteiger partial charge in [0.25, 0.3) is 0 Å². The normalized spacial score (nSPS) is 18.6. The molecule has 0 saturated heterocycles. The van der Waals surface area contributed by atoms with Crippen molar-refractivity contribution in [3.05, 3.63) is 18.2 Å². The van der Waals surface area contributed by atoms with Crippen LogP contribution in [-0.2, 0) is 0 Å². The molecule has 0 aliphatic carbocycles. The minimum atomic E-state index is -0.782. The molecule has 1 heterocycles. The van der Waals surface area contributed by atoms with Crippen molar-refractivity contribution < 1.29 is 14.6 Å². The van der Waals surface area contributed by atoms with Crippen molar-refractivity contribution in [3.8, 4) is 11.5 Å². The van der Waals surface area contributed by atoms with Crippen molar-refractivity contribution in [1.29, 1.82) is 0 Å². The molecular weight excluding hydrogens is 230 g/mol. The smallest absolute Gasteiger partial charge is 0.246 e. The van der Waals surface area contributed by atoms with Gasteiger partial charge in [-0.05, 0) is 32.9 Å². The Morgan fingerprint density at radius 2 is 1.83 bits per heavy atom. The van der Waals surface area contributed by atoms with Gasteiger partial charge in [0.2, 0.25) is 5.79 Å². The van der Waals surface area contributed by atoms with Crippen LogP contribution in [0.1, 0.15) is 34.6 Å². The highest BCUT2D eigenvalue weighted by Crippen LogP contribution is 2.40. The van der Waals surface area contributed by atoms with Gasteiger partial charge >= 0.3 is 0 Å². The molecule has 1 atom stereocenters. The molecule has 0 saturated carbocycles. The van der Waals surface area contributed by atoms with E-state index >= 15 is 0 Å². The van der Waals surface area contributed by atoms with Crippen molar-refractivity contribution in [2.75, 3.05) is 5.32 Å². The molecule has 100 valence electrons. The van der Waals surface area contributed by atoms with Crippen molar-refractivity contribution in [3.63, 3.8) is 0 Å². The third-order valence-electron chi connectivity index (χ3n) is 3.10. The van der Waals surface area contributed by atoms with E-state index in [4.69, 9.17) is 9.47 Å². The molecule has 18 heavy (non-hydrogen) atoms. The Morgan fingerprint density at radius 3 is 2.44 bits per heavy atom. The predicted octanol–water partition coefficient (Wildman–Crippen LogP) is 2.77. The van der Waals surface area contributed by atoms with Crippen LogP contribution in [0.4, 0.5) is 5.69 Å². The van der Waals surface area contributed by atoms with E-state index in [0.29, 0.717) is 0 Å². The molecule has 1 aromatic rings. The average Bonchev–Trinajstić information content (AvgIpc) is 2.49. The van der Waals surface area contributed by atoms with Crippen LogP contribution in [0.15, 0.2) is 18.2 Å². The number of benzene rings is 1. The molecule has 2 rings (SSSR count). The van der Waals surface area contributed by atoms with Crippen LogP contribution in [0.25, 0.3) is 0 Å². The fourth-order valence-electron chi connectivity index (χ4n) is 1.74. The maximum Gasteiger partial charge on any atom is 0.246 e. The van der Waals surface area contributed by atoms with Crippen LogP contribution < -0.4 is 14.8 Å². The Kier molecular flexibility index (Phi) is 2.93. The van der Waals surface area contributed by atoms with E-state index in [-0.39, 0.29) is 6.04 Å². The van der Waals surface area contributed by atoms with Gasteiger partial charge in [-0.1, -0.05) is 0 Å². The average molecular weight is 251 g/mol. The number of ether oxygens (including phenoxy) is 2. The summed E-state index contributed by atoms with van der Waals surface area (Å²) < 4.78 is 11.3. The molecule has 4 heteroatoms. The van der Waals surface area contributed by atoms with E-state index in [9.17, 15) is 5.11 Å². The molecule has 4 nitrogen and oxygen atoms in total. The first-order valence-electron chi connectivity index (χ1n) is 6.18. The van der Waals surface area contributed by atoms with Crippen molar-refractivity contribution in [1.82, 2.24) is 0 Å². The zero-order valence-corrected chi connectivity index (χ0v) is 11.6. The standard InChI is InChI=1S/C14H21NO3/c1-9(13(2,3)16)15-10-6-7-11-12(8-10)18-14(4,5)17-11/h6-9,15-16H,1-5H3. The minimum Gasteiger partial charge on any atom is -0.449 e. The molecular formula is C14H21NO3. The Labute approximate surface area is 108 Å². The van der Waals surface area contributed by atoms with Gasteiger partial charge in [0.15, 0.2) is 11.5 Å². The predicted molar refractivity (Wildman–Crippen MR) is 71.2 cm³/mol. The van der Waals surface area contributed by atoms with E-state index in [2.05, 4.69) is 5.32 Å². The summed E-state index contributed by atoms with van der Waals surface area (Å²) in [7, 11) is 0. The summed E-state index contributed by atoms with van der Waals surface area (Å²) >= 11 is 0. The summed E-state index contributed by atoms with van der Waals surface area (Å²) in [4.78, 5) is 0. The summed E-state index contributed by atoms with van der Waals surface area (Å²) in [5.74, 6) is 0.873. The van der Waals surface area contributed by atoms with Gasteiger partial charge in [-0.25, -0.2) is 0 Å². The van der Waals surface area contributed by atoms with Crippen molar-refractivity contribution in [2.24, 2.45) is 0 Å². The molecule has 1 aliphatic rings. The van der Waals surface area contributed by atoms with Crippen molar-refractivity contribution in [2.45, 2.75) is 52.0 Å². The molecule has 0 bridgehead atoms. The molecule has 2 N–H and O–H groups in total. The third-order valence-corrected chi connectivity index (χ3v) is 3.10. The Morgan fingerprint density at radius 1 is 1.22 bits per heavy atom. The number of hydrogen-bond acceptors (Lipinski definition) is 4. The first-order valence-corrected chi connectivity index (χ1v) is 6.18. The molecule has 0 fully saturated rings. The maximum atomic E-state index is 9.91. The van der Waals surface area contributed by atoms with Crippen LogP contribution in [0.3, 0.4) is 0 Å². The maximum absolute atomic E-state index is 9.91. The fourth-order valence-corrected chi connectivity index (χ4v) is 1.74. The fraction of sp³-hybridized carbons (Fsp3) is 0.571. The summed E-state index contributed by atoms with van der Waals surface area (Å²) in [5.41, 5.74) is 0.125. The lowest BCUT2D eigenvalue weighted by Crippen LogP contribution is -2.39. The SMILES string of the molecule is CC(Nc1ccc2c(c1)OC(C)(C)O2)C(C)(C)O. The number of anilines is 1. The highest BCUT2D eigenvalue weighted by atomic mass is 16.7. The van der Waals surface area contributed by atoms with Crippen LogP contribution in [0.2, 0.25) is 0 Å². The highest BCUT2D eigenvalue weighted by molar-refractivity contribution is 5.56. The molecule has 0 aromatic heterocycles. The van der Waals surface area contributed by atoms with E-state index in [1.165, 1.54) is 0 Å². The van der Waals surface area contributed by atoms with E-state index in [1.54, 1.807) is 13.8 Å². The molecule has 0 spiro atoms. The minimum absolute atomic E-state index is 0.0640. The quantitative estimate of drug-likeness (QED) is 0.867. The molecule has 0 amide bonds. The number of fused-ring (bicyclic) bond motifs is 1. The topological polar surface area (TPSA) is 50.7 Å². The second-order valence-electron chi connectivity index (χ2n) is 5.79. The largest absolute Gasteiger partial charge is 0.449 e. The second-order valence-corrected chi connectivity index (χ2v) is 5.79. The molecule has 0 radical (unpaired) electrons. The molecule has 1 unspecified atom stereocenters. The van der Waals surface area contributed by atoms with Crippen molar-refractivity contribution >= 4 is 5.69 Å². The van der Waals surface area contributed by atoms with Gasteiger partial charge in [0, 0.05) is 25.6 Å². The highest BCUT2D eigenvalue weighted by Gasteiger charge is 2.32. The third kappa shape index (κ3) is 2.70. The van der Waals surface area contributed by atoms with Crippen LogP contribution in [-0.4, -0.2) is 22.5 Å². The molecule has 1 aromatic carbocycles. The Bertz CT molecular complexity index is 449. The summed E-state index contributed by atoms with van der Waals surface area (Å²) in [6, 6.07) is 5.63. The van der Waals surface area contributed by atoms with Gasteiger partial charge < -0.3 is 19.9 Å². The summed E-state index contributed by atoms with van der Waals surface area (Å²) in [6.45, 7) is 9.25. The first-order chi connectivity index (χ1) is 8.17. The van der Waals surface area contributed by atoms with Crippen LogP contribution in [0, 0.1) is 0 Å². The lowest BCUT2D eigenvalue weighted by atomic mass is 10.0. The van der Waals surface area contributed by atoms with E-state index in [0.717, 1.165) is 17.2 Å². The first kappa shape index (κ1) is 13.0. The van der Waals surface area contributed by atoms with Crippen LogP contribution >= 0.6 is 0 Å². The van der Waals surface area contributed by atoms with Gasteiger partial charge in [0.05, 0.1) is 11.6 Å². The summed E-state index contributed by atoms with van der Waals surface area (Å²) in [6.07, 6.45) is 0. The van der Waals surface area contributed by atoms with Crippen LogP contribution in [0.5, 0.6) is 11.5 Å². The second kappa shape index (κ2) is 4.05. The monoisotopic (exact) mass is 251 g/mol. The van der Waals surface area contributed by atoms with Gasteiger partial charge in [-0.3, -0.25) is 0 Å². The lowest BCUT2D eigenvalue weighted by Gasteiger charge is -2.27. The zero-order valence-electron chi connectivity index (χ0n) is 11.6. The number of rotatable bonds is 3. The van der Waals surface area contributed by atoms with Gasteiger partial charge in [-0.2, -0.15) is 0 Å². The van der Waals surface area contributed by atoms with Gasteiger partial charge in [0.1, 0.15) is 0 Å². The zero-order chi connectivity index (χ0) is 13.6. The van der Waals surface area contributed by atoms with E-state index < -0.39 is 11.4 Å². The summed E-state index contributed by atoms with van der Waals surface area (Å²) in [5, 5.41) is 13.2. The number of nitrogens with one attached hydrogen (secondary N) is 1.